The van der Waals surface area contributed by atoms with Gasteiger partial charge >= 0.3 is 0 Å². The molecule has 2 aromatic rings. The number of morpholine rings is 1. The Labute approximate surface area is 137 Å². The molecule has 23 heavy (non-hydrogen) atoms. The Balaban J connectivity index is 1.46. The minimum atomic E-state index is 0.832. The molecule has 4 rings (SSSR count). The highest BCUT2D eigenvalue weighted by atomic mass is 16.5. The second-order valence-corrected chi connectivity index (χ2v) is 6.44. The first-order valence-electron chi connectivity index (χ1n) is 8.29. The third-order valence-corrected chi connectivity index (χ3v) is 4.71. The lowest BCUT2D eigenvalue weighted by Crippen LogP contribution is -2.36. The van der Waals surface area contributed by atoms with Gasteiger partial charge in [0.15, 0.2) is 0 Å². The summed E-state index contributed by atoms with van der Waals surface area (Å²) in [5, 5.41) is 0. The molecule has 2 N–H and O–H groups in total. The number of rotatable bonds is 3. The molecule has 0 saturated carbocycles. The third-order valence-electron chi connectivity index (χ3n) is 4.71. The molecule has 120 valence electrons. The van der Waals surface area contributed by atoms with Crippen molar-refractivity contribution in [3.63, 3.8) is 0 Å². The quantitative estimate of drug-likeness (QED) is 0.885. The van der Waals surface area contributed by atoms with Crippen LogP contribution in [0.3, 0.4) is 0 Å². The van der Waals surface area contributed by atoms with E-state index in [4.69, 9.17) is 10.5 Å². The Bertz CT molecular complexity index is 695. The molecule has 0 radical (unpaired) electrons. The summed E-state index contributed by atoms with van der Waals surface area (Å²) in [5.41, 5.74) is 12.2. The van der Waals surface area contributed by atoms with E-state index in [-0.39, 0.29) is 0 Å². The maximum Gasteiger partial charge on any atom is 0.0642 e. The molecule has 0 bridgehead atoms. The molecular formula is C19H23N3O. The lowest BCUT2D eigenvalue weighted by Gasteiger charge is -2.29. The number of ether oxygens (including phenoxy) is 1. The summed E-state index contributed by atoms with van der Waals surface area (Å²) in [7, 11) is 0. The van der Waals surface area contributed by atoms with Crippen molar-refractivity contribution in [2.24, 2.45) is 0 Å². The normalized spacial score (nSPS) is 18.2. The smallest absolute Gasteiger partial charge is 0.0642 e. The van der Waals surface area contributed by atoms with E-state index in [1.54, 1.807) is 0 Å². The molecule has 0 amide bonds. The molecule has 0 unspecified atom stereocenters. The Morgan fingerprint density at radius 3 is 2.61 bits per heavy atom. The standard InChI is InChI=1S/C19H23N3O/c20-18-3-1-2-15(10-18)12-21-13-16-4-5-19(11-17(16)14-21)22-6-8-23-9-7-22/h1-5,10-11H,6-9,12-14,20H2. The van der Waals surface area contributed by atoms with Crippen LogP contribution in [0.15, 0.2) is 42.5 Å². The molecule has 0 atom stereocenters. The van der Waals surface area contributed by atoms with Gasteiger partial charge in [-0.25, -0.2) is 0 Å². The van der Waals surface area contributed by atoms with E-state index in [1.807, 2.05) is 12.1 Å². The molecule has 4 heteroatoms. The average molecular weight is 309 g/mol. The van der Waals surface area contributed by atoms with Crippen molar-refractivity contribution in [1.82, 2.24) is 4.90 Å². The first-order chi connectivity index (χ1) is 11.3. The molecule has 1 fully saturated rings. The zero-order valence-corrected chi connectivity index (χ0v) is 13.4. The van der Waals surface area contributed by atoms with Crippen molar-refractivity contribution in [3.05, 3.63) is 59.2 Å². The van der Waals surface area contributed by atoms with Crippen molar-refractivity contribution in [2.45, 2.75) is 19.6 Å². The number of nitrogens with zero attached hydrogens (tertiary/aromatic N) is 2. The Kier molecular flexibility index (Phi) is 3.93. The van der Waals surface area contributed by atoms with Gasteiger partial charge in [0, 0.05) is 44.1 Å². The zero-order valence-electron chi connectivity index (χ0n) is 13.4. The van der Waals surface area contributed by atoms with Crippen LogP contribution >= 0.6 is 0 Å². The predicted octanol–water partition coefficient (Wildman–Crippen LogP) is 2.62. The fourth-order valence-corrected chi connectivity index (χ4v) is 3.53. The van der Waals surface area contributed by atoms with Crippen molar-refractivity contribution in [1.29, 1.82) is 0 Å². The van der Waals surface area contributed by atoms with Crippen LogP contribution in [0.4, 0.5) is 11.4 Å². The second kappa shape index (κ2) is 6.22. The van der Waals surface area contributed by atoms with Crippen LogP contribution < -0.4 is 10.6 Å². The SMILES string of the molecule is Nc1cccc(CN2Cc3ccc(N4CCOCC4)cc3C2)c1. The van der Waals surface area contributed by atoms with Crippen LogP contribution in [0, 0.1) is 0 Å². The monoisotopic (exact) mass is 309 g/mol. The summed E-state index contributed by atoms with van der Waals surface area (Å²) in [5.74, 6) is 0. The molecule has 0 aromatic heterocycles. The second-order valence-electron chi connectivity index (χ2n) is 6.44. The van der Waals surface area contributed by atoms with Gasteiger partial charge in [-0.1, -0.05) is 18.2 Å². The predicted molar refractivity (Wildman–Crippen MR) is 93.3 cm³/mol. The Morgan fingerprint density at radius 2 is 1.78 bits per heavy atom. The summed E-state index contributed by atoms with van der Waals surface area (Å²) in [6, 6.07) is 15.1. The van der Waals surface area contributed by atoms with E-state index in [9.17, 15) is 0 Å². The summed E-state index contributed by atoms with van der Waals surface area (Å²) in [4.78, 5) is 4.90. The van der Waals surface area contributed by atoms with E-state index >= 15 is 0 Å². The highest BCUT2D eigenvalue weighted by molar-refractivity contribution is 5.52. The minimum absolute atomic E-state index is 0.832. The molecule has 0 aliphatic carbocycles. The molecule has 0 spiro atoms. The minimum Gasteiger partial charge on any atom is -0.399 e. The lowest BCUT2D eigenvalue weighted by atomic mass is 10.1. The van der Waals surface area contributed by atoms with E-state index < -0.39 is 0 Å². The Morgan fingerprint density at radius 1 is 0.957 bits per heavy atom. The fraction of sp³-hybridized carbons (Fsp3) is 0.368. The molecular weight excluding hydrogens is 286 g/mol. The third kappa shape index (κ3) is 3.19. The van der Waals surface area contributed by atoms with Crippen LogP contribution in [0.2, 0.25) is 0 Å². The van der Waals surface area contributed by atoms with Crippen LogP contribution in [0.1, 0.15) is 16.7 Å². The summed E-state index contributed by atoms with van der Waals surface area (Å²) in [6.45, 7) is 6.64. The van der Waals surface area contributed by atoms with Gasteiger partial charge in [0.05, 0.1) is 13.2 Å². The lowest BCUT2D eigenvalue weighted by molar-refractivity contribution is 0.122. The number of nitrogen functional groups attached to an aromatic ring is 1. The fourth-order valence-electron chi connectivity index (χ4n) is 3.53. The van der Waals surface area contributed by atoms with Gasteiger partial charge in [-0.15, -0.1) is 0 Å². The van der Waals surface area contributed by atoms with Crippen molar-refractivity contribution < 1.29 is 4.74 Å². The number of nitrogens with two attached hydrogens (primary N) is 1. The molecule has 1 saturated heterocycles. The van der Waals surface area contributed by atoms with Crippen LogP contribution in [0.25, 0.3) is 0 Å². The molecule has 2 heterocycles. The highest BCUT2D eigenvalue weighted by Gasteiger charge is 2.21. The number of hydrogen-bond donors (Lipinski definition) is 1. The van der Waals surface area contributed by atoms with E-state index in [2.05, 4.69) is 40.1 Å². The molecule has 2 aliphatic heterocycles. The van der Waals surface area contributed by atoms with Gasteiger partial charge in [0.2, 0.25) is 0 Å². The van der Waals surface area contributed by atoms with Gasteiger partial charge in [-0.2, -0.15) is 0 Å². The van der Waals surface area contributed by atoms with Crippen molar-refractivity contribution >= 4 is 11.4 Å². The molecule has 2 aliphatic rings. The van der Waals surface area contributed by atoms with Crippen molar-refractivity contribution in [3.8, 4) is 0 Å². The van der Waals surface area contributed by atoms with Crippen LogP contribution in [0.5, 0.6) is 0 Å². The van der Waals surface area contributed by atoms with E-state index in [0.29, 0.717) is 0 Å². The van der Waals surface area contributed by atoms with Gasteiger partial charge in [0.1, 0.15) is 0 Å². The van der Waals surface area contributed by atoms with Gasteiger partial charge in [0.25, 0.3) is 0 Å². The van der Waals surface area contributed by atoms with Crippen LogP contribution in [-0.2, 0) is 24.4 Å². The largest absolute Gasteiger partial charge is 0.399 e. The first kappa shape index (κ1) is 14.5. The zero-order chi connectivity index (χ0) is 15.6. The Hall–Kier alpha value is -2.04. The average Bonchev–Trinajstić information content (AvgIpc) is 2.97. The van der Waals surface area contributed by atoms with Gasteiger partial charge in [-0.05, 0) is 41.0 Å². The molecule has 4 nitrogen and oxygen atoms in total. The van der Waals surface area contributed by atoms with Crippen LogP contribution in [-0.4, -0.2) is 31.2 Å². The van der Waals surface area contributed by atoms with Gasteiger partial charge < -0.3 is 15.4 Å². The molecule has 2 aromatic carbocycles. The summed E-state index contributed by atoms with van der Waals surface area (Å²) in [6.07, 6.45) is 0. The van der Waals surface area contributed by atoms with E-state index in [1.165, 1.54) is 22.4 Å². The maximum absolute atomic E-state index is 5.89. The van der Waals surface area contributed by atoms with Gasteiger partial charge in [-0.3, -0.25) is 4.90 Å². The first-order valence-corrected chi connectivity index (χ1v) is 8.29. The number of benzene rings is 2. The maximum atomic E-state index is 5.89. The highest BCUT2D eigenvalue weighted by Crippen LogP contribution is 2.29. The number of anilines is 2. The summed E-state index contributed by atoms with van der Waals surface area (Å²) >= 11 is 0. The van der Waals surface area contributed by atoms with Crippen molar-refractivity contribution in [2.75, 3.05) is 36.9 Å². The number of fused-ring (bicyclic) bond motifs is 1. The van der Waals surface area contributed by atoms with E-state index in [0.717, 1.165) is 51.6 Å². The number of hydrogen-bond acceptors (Lipinski definition) is 4. The topological polar surface area (TPSA) is 41.7 Å². The summed E-state index contributed by atoms with van der Waals surface area (Å²) < 4.78 is 5.45.